The second kappa shape index (κ2) is 8.08. The predicted molar refractivity (Wildman–Crippen MR) is 98.6 cm³/mol. The van der Waals surface area contributed by atoms with Crippen molar-refractivity contribution in [2.45, 2.75) is 30.6 Å². The molecule has 2 heterocycles. The molecule has 1 aliphatic rings. The first-order valence-corrected chi connectivity index (χ1v) is 10.3. The number of hydrogen-bond donors (Lipinski definition) is 0. The van der Waals surface area contributed by atoms with E-state index in [1.165, 1.54) is 31.3 Å². The van der Waals surface area contributed by atoms with Gasteiger partial charge in [0, 0.05) is 26.1 Å². The first-order chi connectivity index (χ1) is 13.3. The molecule has 0 aliphatic carbocycles. The van der Waals surface area contributed by atoms with Gasteiger partial charge in [0.15, 0.2) is 5.82 Å². The van der Waals surface area contributed by atoms with Crippen LogP contribution in [0.5, 0.6) is 0 Å². The zero-order valence-electron chi connectivity index (χ0n) is 15.7. The van der Waals surface area contributed by atoms with Crippen molar-refractivity contribution in [3.63, 3.8) is 0 Å². The van der Waals surface area contributed by atoms with Crippen molar-refractivity contribution >= 4 is 15.9 Å². The van der Waals surface area contributed by atoms with Crippen LogP contribution in [0.15, 0.2) is 33.7 Å². The summed E-state index contributed by atoms with van der Waals surface area (Å²) >= 11 is 0. The summed E-state index contributed by atoms with van der Waals surface area (Å²) in [7, 11) is -2.43. The molecule has 0 bridgehead atoms. The van der Waals surface area contributed by atoms with E-state index < -0.39 is 10.0 Å². The minimum Gasteiger partial charge on any atom is -0.342 e. The van der Waals surface area contributed by atoms with Crippen molar-refractivity contribution in [1.82, 2.24) is 19.3 Å². The van der Waals surface area contributed by atoms with Crippen LogP contribution in [0.2, 0.25) is 0 Å². The van der Waals surface area contributed by atoms with Crippen molar-refractivity contribution in [2.24, 2.45) is 0 Å². The van der Waals surface area contributed by atoms with E-state index in [4.69, 9.17) is 9.78 Å². The fraction of sp³-hybridized carbons (Fsp3) is 0.444. The van der Waals surface area contributed by atoms with E-state index in [1.54, 1.807) is 11.8 Å². The number of sulfonamides is 1. The first kappa shape index (κ1) is 20.0. The van der Waals surface area contributed by atoms with Crippen LogP contribution in [0, 0.1) is 18.3 Å². The molecule has 1 aromatic carbocycles. The van der Waals surface area contributed by atoms with Crippen LogP contribution in [-0.2, 0) is 14.8 Å². The molecule has 1 aromatic heterocycles. The summed E-state index contributed by atoms with van der Waals surface area (Å²) in [5, 5.41) is 12.6. The third-order valence-electron chi connectivity index (χ3n) is 4.79. The zero-order valence-corrected chi connectivity index (χ0v) is 16.5. The van der Waals surface area contributed by atoms with E-state index in [-0.39, 0.29) is 23.3 Å². The van der Waals surface area contributed by atoms with Crippen molar-refractivity contribution in [2.75, 3.05) is 26.7 Å². The summed E-state index contributed by atoms with van der Waals surface area (Å²) in [6, 6.07) is 7.55. The van der Waals surface area contributed by atoms with Gasteiger partial charge in [-0.1, -0.05) is 5.16 Å². The third-order valence-corrected chi connectivity index (χ3v) is 6.61. The lowest BCUT2D eigenvalue weighted by atomic mass is 9.97. The number of aryl methyl sites for hydroxylation is 1. The van der Waals surface area contributed by atoms with E-state index in [0.717, 1.165) is 4.31 Å². The second-order valence-corrected chi connectivity index (χ2v) is 8.78. The zero-order chi connectivity index (χ0) is 20.3. The molecule has 0 saturated carbocycles. The number of benzene rings is 1. The number of nitrogens with zero attached hydrogens (tertiary/aromatic N) is 5. The van der Waals surface area contributed by atoms with E-state index in [0.29, 0.717) is 43.2 Å². The molecular formula is C18H21N5O4S. The molecule has 0 unspecified atom stereocenters. The van der Waals surface area contributed by atoms with Gasteiger partial charge in [-0.05, 0) is 44.0 Å². The molecule has 3 rings (SSSR count). The highest BCUT2D eigenvalue weighted by molar-refractivity contribution is 7.89. The summed E-state index contributed by atoms with van der Waals surface area (Å²) in [6.45, 7) is 2.54. The van der Waals surface area contributed by atoms with Crippen LogP contribution in [0.3, 0.4) is 0 Å². The van der Waals surface area contributed by atoms with Gasteiger partial charge in [0.25, 0.3) is 0 Å². The van der Waals surface area contributed by atoms with Gasteiger partial charge < -0.3 is 9.42 Å². The number of nitriles is 1. The number of likely N-dealkylation sites (N-methyl/N-ethyl adjacent to an activating group) is 1. The molecule has 10 heteroatoms. The Morgan fingerprint density at radius 1 is 1.32 bits per heavy atom. The maximum atomic E-state index is 12.6. The fourth-order valence-corrected chi connectivity index (χ4v) is 4.23. The Kier molecular flexibility index (Phi) is 5.76. The van der Waals surface area contributed by atoms with Gasteiger partial charge in [0.05, 0.1) is 23.1 Å². The highest BCUT2D eigenvalue weighted by Gasteiger charge is 2.30. The van der Waals surface area contributed by atoms with Crippen molar-refractivity contribution in [3.8, 4) is 6.07 Å². The molecule has 1 saturated heterocycles. The average Bonchev–Trinajstić information content (AvgIpc) is 3.14. The van der Waals surface area contributed by atoms with E-state index in [2.05, 4.69) is 10.1 Å². The Bertz CT molecular complexity index is 986. The molecular weight excluding hydrogens is 382 g/mol. The Hall–Kier alpha value is -2.77. The molecule has 0 N–H and O–H groups in total. The summed E-state index contributed by atoms with van der Waals surface area (Å²) in [5.41, 5.74) is 0.372. The standard InChI is InChI=1S/C18H21N5O4S/c1-13-20-18(27-21-13)15-7-9-23(10-8-15)17(24)12-22(2)28(25,26)16-5-3-14(11-19)4-6-16/h3-6,15H,7-10,12H2,1-2H3. The molecule has 0 spiro atoms. The number of rotatable bonds is 5. The molecule has 0 atom stereocenters. The van der Waals surface area contributed by atoms with Crippen LogP contribution in [0.1, 0.15) is 36.0 Å². The number of carbonyl (C=O) groups is 1. The van der Waals surface area contributed by atoms with Crippen LogP contribution in [0.25, 0.3) is 0 Å². The van der Waals surface area contributed by atoms with Crippen LogP contribution in [-0.4, -0.2) is 60.4 Å². The quantitative estimate of drug-likeness (QED) is 0.737. The highest BCUT2D eigenvalue weighted by atomic mass is 32.2. The fourth-order valence-electron chi connectivity index (χ4n) is 3.11. The largest absolute Gasteiger partial charge is 0.342 e. The van der Waals surface area contributed by atoms with Crippen molar-refractivity contribution < 1.29 is 17.7 Å². The molecule has 1 amide bonds. The summed E-state index contributed by atoms with van der Waals surface area (Å²) in [4.78, 5) is 18.5. The van der Waals surface area contributed by atoms with Crippen molar-refractivity contribution in [1.29, 1.82) is 5.26 Å². The molecule has 0 radical (unpaired) electrons. The van der Waals surface area contributed by atoms with Gasteiger partial charge in [0.1, 0.15) is 0 Å². The van der Waals surface area contributed by atoms with Crippen LogP contribution in [0.4, 0.5) is 0 Å². The lowest BCUT2D eigenvalue weighted by Gasteiger charge is -2.31. The molecule has 9 nitrogen and oxygen atoms in total. The minimum absolute atomic E-state index is 0.0484. The van der Waals surface area contributed by atoms with E-state index in [1.807, 2.05) is 6.07 Å². The predicted octanol–water partition coefficient (Wildman–Crippen LogP) is 1.28. The number of carbonyl (C=O) groups excluding carboxylic acids is 1. The Morgan fingerprint density at radius 2 is 1.96 bits per heavy atom. The van der Waals surface area contributed by atoms with Gasteiger partial charge in [-0.2, -0.15) is 14.6 Å². The summed E-state index contributed by atoms with van der Waals surface area (Å²) < 4.78 is 31.5. The van der Waals surface area contributed by atoms with Gasteiger partial charge in [-0.3, -0.25) is 4.79 Å². The number of likely N-dealkylation sites (tertiary alicyclic amines) is 1. The lowest BCUT2D eigenvalue weighted by Crippen LogP contribution is -2.44. The Balaban J connectivity index is 1.58. The Morgan fingerprint density at radius 3 is 2.50 bits per heavy atom. The first-order valence-electron chi connectivity index (χ1n) is 8.85. The monoisotopic (exact) mass is 403 g/mol. The molecule has 2 aromatic rings. The van der Waals surface area contributed by atoms with Crippen LogP contribution < -0.4 is 0 Å². The maximum absolute atomic E-state index is 12.6. The summed E-state index contributed by atoms with van der Waals surface area (Å²) in [5.74, 6) is 1.04. The van der Waals surface area contributed by atoms with E-state index >= 15 is 0 Å². The molecule has 28 heavy (non-hydrogen) atoms. The third kappa shape index (κ3) is 4.21. The topological polar surface area (TPSA) is 120 Å². The SMILES string of the molecule is Cc1noc(C2CCN(C(=O)CN(C)S(=O)(=O)c3ccc(C#N)cc3)CC2)n1. The Labute approximate surface area is 163 Å². The number of amides is 1. The number of hydrogen-bond acceptors (Lipinski definition) is 7. The normalized spacial score (nSPS) is 15.6. The van der Waals surface area contributed by atoms with Crippen LogP contribution >= 0.6 is 0 Å². The van der Waals surface area contributed by atoms with Gasteiger partial charge in [-0.15, -0.1) is 0 Å². The second-order valence-electron chi connectivity index (χ2n) is 6.73. The lowest BCUT2D eigenvalue weighted by molar-refractivity contribution is -0.132. The minimum atomic E-state index is -3.81. The molecule has 1 aliphatic heterocycles. The maximum Gasteiger partial charge on any atom is 0.243 e. The number of aromatic nitrogens is 2. The van der Waals surface area contributed by atoms with Gasteiger partial charge in [0.2, 0.25) is 21.8 Å². The van der Waals surface area contributed by atoms with E-state index in [9.17, 15) is 13.2 Å². The average molecular weight is 403 g/mol. The van der Waals surface area contributed by atoms with Crippen molar-refractivity contribution in [3.05, 3.63) is 41.5 Å². The summed E-state index contributed by atoms with van der Waals surface area (Å²) in [6.07, 6.45) is 1.39. The highest BCUT2D eigenvalue weighted by Crippen LogP contribution is 2.27. The smallest absolute Gasteiger partial charge is 0.243 e. The van der Waals surface area contributed by atoms with Gasteiger partial charge in [-0.25, -0.2) is 8.42 Å². The van der Waals surface area contributed by atoms with Gasteiger partial charge >= 0.3 is 0 Å². The number of piperidine rings is 1. The molecule has 1 fully saturated rings. The molecule has 148 valence electrons.